The minimum atomic E-state index is -0.838. The van der Waals surface area contributed by atoms with Gasteiger partial charge in [0.2, 0.25) is 5.82 Å². The van der Waals surface area contributed by atoms with Crippen molar-refractivity contribution in [3.8, 4) is 0 Å². The molecule has 0 saturated heterocycles. The van der Waals surface area contributed by atoms with Crippen LogP contribution in [0.4, 0.5) is 15.8 Å². The topological polar surface area (TPSA) is 59.3 Å². The lowest BCUT2D eigenvalue weighted by molar-refractivity contribution is -0.386. The molecule has 2 rings (SSSR count). The van der Waals surface area contributed by atoms with Gasteiger partial charge in [-0.25, -0.2) is 0 Å². The van der Waals surface area contributed by atoms with Crippen molar-refractivity contribution in [2.75, 3.05) is 11.9 Å². The molecule has 0 atom stereocenters. The zero-order valence-electron chi connectivity index (χ0n) is 10.3. The van der Waals surface area contributed by atoms with Crippen molar-refractivity contribution >= 4 is 11.4 Å². The predicted molar refractivity (Wildman–Crippen MR) is 69.4 cm³/mol. The van der Waals surface area contributed by atoms with Gasteiger partial charge in [0.15, 0.2) is 0 Å². The SMILES string of the molecule is CN(Cc1ccccn1)c1cccc(F)c1[N+](=O)[O-]. The number of benzene rings is 1. The van der Waals surface area contributed by atoms with Crippen LogP contribution in [0.3, 0.4) is 0 Å². The van der Waals surface area contributed by atoms with Crippen LogP contribution < -0.4 is 4.90 Å². The van der Waals surface area contributed by atoms with Crippen LogP contribution in [-0.2, 0) is 6.54 Å². The van der Waals surface area contributed by atoms with Gasteiger partial charge in [0.05, 0.1) is 17.2 Å². The highest BCUT2D eigenvalue weighted by Gasteiger charge is 2.22. The van der Waals surface area contributed by atoms with Crippen molar-refractivity contribution < 1.29 is 9.31 Å². The van der Waals surface area contributed by atoms with E-state index in [2.05, 4.69) is 4.98 Å². The minimum Gasteiger partial charge on any atom is -0.363 e. The lowest BCUT2D eigenvalue weighted by Gasteiger charge is -2.18. The molecule has 98 valence electrons. The molecule has 0 radical (unpaired) electrons. The summed E-state index contributed by atoms with van der Waals surface area (Å²) in [6, 6.07) is 9.47. The zero-order valence-corrected chi connectivity index (χ0v) is 10.3. The van der Waals surface area contributed by atoms with E-state index in [1.165, 1.54) is 12.1 Å². The van der Waals surface area contributed by atoms with E-state index < -0.39 is 16.4 Å². The first-order valence-electron chi connectivity index (χ1n) is 5.63. The molecule has 1 heterocycles. The van der Waals surface area contributed by atoms with Crippen molar-refractivity contribution in [1.82, 2.24) is 4.98 Å². The zero-order chi connectivity index (χ0) is 13.8. The summed E-state index contributed by atoms with van der Waals surface area (Å²) >= 11 is 0. The Morgan fingerprint density at radius 3 is 2.74 bits per heavy atom. The minimum absolute atomic E-state index is 0.232. The number of aromatic nitrogens is 1. The van der Waals surface area contributed by atoms with Gasteiger partial charge < -0.3 is 4.90 Å². The van der Waals surface area contributed by atoms with E-state index in [9.17, 15) is 14.5 Å². The molecule has 0 aliphatic rings. The molecule has 1 aromatic heterocycles. The maximum atomic E-state index is 13.5. The Bertz CT molecular complexity index is 590. The third kappa shape index (κ3) is 2.85. The van der Waals surface area contributed by atoms with E-state index in [4.69, 9.17) is 0 Å². The molecular weight excluding hydrogens is 249 g/mol. The van der Waals surface area contributed by atoms with Gasteiger partial charge >= 0.3 is 5.69 Å². The van der Waals surface area contributed by atoms with Crippen molar-refractivity contribution in [2.45, 2.75) is 6.54 Å². The summed E-state index contributed by atoms with van der Waals surface area (Å²) in [6.45, 7) is 0.366. The van der Waals surface area contributed by atoms with Crippen molar-refractivity contribution in [3.63, 3.8) is 0 Å². The number of halogens is 1. The maximum absolute atomic E-state index is 13.5. The first-order chi connectivity index (χ1) is 9.09. The summed E-state index contributed by atoms with van der Waals surface area (Å²) in [5, 5.41) is 10.9. The fourth-order valence-electron chi connectivity index (χ4n) is 1.81. The summed E-state index contributed by atoms with van der Waals surface area (Å²) in [4.78, 5) is 16.0. The number of nitro benzene ring substituents is 1. The molecule has 0 bridgehead atoms. The van der Waals surface area contributed by atoms with Gasteiger partial charge in [-0.1, -0.05) is 12.1 Å². The van der Waals surface area contributed by atoms with Crippen LogP contribution >= 0.6 is 0 Å². The molecule has 6 heteroatoms. The van der Waals surface area contributed by atoms with E-state index in [1.54, 1.807) is 24.2 Å². The van der Waals surface area contributed by atoms with Gasteiger partial charge in [-0.3, -0.25) is 15.1 Å². The predicted octanol–water partition coefficient (Wildman–Crippen LogP) is 2.77. The van der Waals surface area contributed by atoms with Gasteiger partial charge in [-0.05, 0) is 24.3 Å². The fourth-order valence-corrected chi connectivity index (χ4v) is 1.81. The van der Waals surface area contributed by atoms with Crippen LogP contribution in [0.5, 0.6) is 0 Å². The van der Waals surface area contributed by atoms with Gasteiger partial charge in [0, 0.05) is 13.2 Å². The van der Waals surface area contributed by atoms with Crippen LogP contribution in [0, 0.1) is 15.9 Å². The number of pyridine rings is 1. The average molecular weight is 261 g/mol. The van der Waals surface area contributed by atoms with E-state index >= 15 is 0 Å². The number of nitrogens with zero attached hydrogens (tertiary/aromatic N) is 3. The number of nitro groups is 1. The highest BCUT2D eigenvalue weighted by Crippen LogP contribution is 2.30. The Hall–Kier alpha value is -2.50. The quantitative estimate of drug-likeness (QED) is 0.627. The Kier molecular flexibility index (Phi) is 3.70. The molecule has 0 aliphatic carbocycles. The molecule has 0 aliphatic heterocycles. The first kappa shape index (κ1) is 12.9. The second kappa shape index (κ2) is 5.43. The second-order valence-corrected chi connectivity index (χ2v) is 4.04. The summed E-state index contributed by atoms with van der Waals surface area (Å²) in [5.74, 6) is -0.838. The summed E-state index contributed by atoms with van der Waals surface area (Å²) in [7, 11) is 1.66. The van der Waals surface area contributed by atoms with E-state index in [-0.39, 0.29) is 5.69 Å². The molecular formula is C13H12FN3O2. The summed E-state index contributed by atoms with van der Waals surface area (Å²) in [6.07, 6.45) is 1.64. The third-order valence-electron chi connectivity index (χ3n) is 2.68. The van der Waals surface area contributed by atoms with Crippen LogP contribution in [0.15, 0.2) is 42.6 Å². The third-order valence-corrected chi connectivity index (χ3v) is 2.68. The van der Waals surface area contributed by atoms with Crippen molar-refractivity contribution in [3.05, 3.63) is 64.2 Å². The Morgan fingerprint density at radius 2 is 2.11 bits per heavy atom. The highest BCUT2D eigenvalue weighted by molar-refractivity contribution is 5.63. The van der Waals surface area contributed by atoms with Gasteiger partial charge in [0.25, 0.3) is 0 Å². The van der Waals surface area contributed by atoms with Crippen LogP contribution in [0.25, 0.3) is 0 Å². The Labute approximate surface area is 109 Å². The van der Waals surface area contributed by atoms with Gasteiger partial charge in [-0.2, -0.15) is 4.39 Å². The maximum Gasteiger partial charge on any atom is 0.327 e. The lowest BCUT2D eigenvalue weighted by Crippen LogP contribution is -2.18. The van der Waals surface area contributed by atoms with E-state index in [0.717, 1.165) is 11.8 Å². The number of hydrogen-bond acceptors (Lipinski definition) is 4. The molecule has 0 N–H and O–H groups in total. The second-order valence-electron chi connectivity index (χ2n) is 4.04. The monoisotopic (exact) mass is 261 g/mol. The van der Waals surface area contributed by atoms with Crippen LogP contribution in [0.1, 0.15) is 5.69 Å². The standard InChI is InChI=1S/C13H12FN3O2/c1-16(9-10-5-2-3-8-15-10)12-7-4-6-11(14)13(12)17(18)19/h2-8H,9H2,1H3. The van der Waals surface area contributed by atoms with Gasteiger partial charge in [0.1, 0.15) is 5.69 Å². The molecule has 5 nitrogen and oxygen atoms in total. The van der Waals surface area contributed by atoms with Gasteiger partial charge in [-0.15, -0.1) is 0 Å². The number of para-hydroxylation sites is 1. The normalized spacial score (nSPS) is 10.2. The van der Waals surface area contributed by atoms with E-state index in [1.807, 2.05) is 12.1 Å². The largest absolute Gasteiger partial charge is 0.363 e. The Balaban J connectivity index is 2.31. The van der Waals surface area contributed by atoms with Crippen LogP contribution in [-0.4, -0.2) is 17.0 Å². The lowest BCUT2D eigenvalue weighted by atomic mass is 10.2. The smallest absolute Gasteiger partial charge is 0.327 e. The summed E-state index contributed by atoms with van der Waals surface area (Å²) in [5.41, 5.74) is 0.472. The average Bonchev–Trinajstić information content (AvgIpc) is 2.39. The number of hydrogen-bond donors (Lipinski definition) is 0. The van der Waals surface area contributed by atoms with Crippen molar-refractivity contribution in [2.24, 2.45) is 0 Å². The molecule has 0 saturated carbocycles. The molecule has 0 spiro atoms. The molecule has 0 fully saturated rings. The van der Waals surface area contributed by atoms with E-state index in [0.29, 0.717) is 6.54 Å². The number of anilines is 1. The van der Waals surface area contributed by atoms with Crippen molar-refractivity contribution in [1.29, 1.82) is 0 Å². The summed E-state index contributed by atoms with van der Waals surface area (Å²) < 4.78 is 13.5. The fraction of sp³-hybridized carbons (Fsp3) is 0.154. The molecule has 0 unspecified atom stereocenters. The molecule has 2 aromatic rings. The number of rotatable bonds is 4. The molecule has 1 aromatic carbocycles. The molecule has 19 heavy (non-hydrogen) atoms. The highest BCUT2D eigenvalue weighted by atomic mass is 19.1. The molecule has 0 amide bonds. The first-order valence-corrected chi connectivity index (χ1v) is 5.63. The Morgan fingerprint density at radius 1 is 1.32 bits per heavy atom. The van der Waals surface area contributed by atoms with Crippen LogP contribution in [0.2, 0.25) is 0 Å².